The summed E-state index contributed by atoms with van der Waals surface area (Å²) in [6.07, 6.45) is 0.0451. The maximum absolute atomic E-state index is 13.3. The molecule has 32 heavy (non-hydrogen) atoms. The molecule has 4 aromatic rings. The third-order valence-electron chi connectivity index (χ3n) is 4.51. The fourth-order valence-corrected chi connectivity index (χ4v) is 3.02. The molecule has 9 nitrogen and oxygen atoms in total. The molecular weight excluding hydrogens is 411 g/mol. The molecule has 162 valence electrons. The van der Waals surface area contributed by atoms with Crippen LogP contribution in [0.3, 0.4) is 0 Å². The standard InChI is InChI=1S/C22H21FN8O/c1-14-24-21(28-22(25-14)31(2)18-9-4-3-5-10-18)27-19-12-17(29-30-19)13-20(32)26-16-8-6-7-15(23)11-16/h3-12H,13H2,1-2H3,(H,26,32)(H2,24,25,27,28,29,30). The minimum Gasteiger partial charge on any atom is -0.326 e. The van der Waals surface area contributed by atoms with Crippen molar-refractivity contribution in [3.05, 3.63) is 78.0 Å². The number of halogens is 1. The molecule has 0 aliphatic rings. The van der Waals surface area contributed by atoms with Gasteiger partial charge in [-0.3, -0.25) is 9.89 Å². The van der Waals surface area contributed by atoms with Crippen LogP contribution in [0.4, 0.5) is 33.5 Å². The maximum Gasteiger partial charge on any atom is 0.234 e. The second kappa shape index (κ2) is 9.21. The van der Waals surface area contributed by atoms with Gasteiger partial charge >= 0.3 is 0 Å². The predicted octanol–water partition coefficient (Wildman–Crippen LogP) is 3.73. The van der Waals surface area contributed by atoms with Gasteiger partial charge in [0.2, 0.25) is 17.8 Å². The Morgan fingerprint density at radius 3 is 2.66 bits per heavy atom. The Hall–Kier alpha value is -4.34. The van der Waals surface area contributed by atoms with Gasteiger partial charge in [-0.2, -0.15) is 20.1 Å². The highest BCUT2D eigenvalue weighted by Gasteiger charge is 2.13. The smallest absolute Gasteiger partial charge is 0.234 e. The van der Waals surface area contributed by atoms with E-state index in [2.05, 4.69) is 35.8 Å². The summed E-state index contributed by atoms with van der Waals surface area (Å²) in [6, 6.07) is 17.1. The van der Waals surface area contributed by atoms with Crippen molar-refractivity contribution in [2.75, 3.05) is 22.6 Å². The first-order chi connectivity index (χ1) is 15.5. The number of benzene rings is 2. The summed E-state index contributed by atoms with van der Waals surface area (Å²) in [5, 5.41) is 12.6. The Morgan fingerprint density at radius 2 is 1.88 bits per heavy atom. The zero-order chi connectivity index (χ0) is 22.5. The highest BCUT2D eigenvalue weighted by Crippen LogP contribution is 2.21. The van der Waals surface area contributed by atoms with Crippen molar-refractivity contribution in [1.29, 1.82) is 0 Å². The normalized spacial score (nSPS) is 10.6. The molecule has 0 saturated heterocycles. The van der Waals surface area contributed by atoms with Crippen LogP contribution >= 0.6 is 0 Å². The van der Waals surface area contributed by atoms with Gasteiger partial charge in [-0.15, -0.1) is 0 Å². The van der Waals surface area contributed by atoms with E-state index >= 15 is 0 Å². The number of carbonyl (C=O) groups is 1. The summed E-state index contributed by atoms with van der Waals surface area (Å²) in [5.74, 6) is 1.10. The van der Waals surface area contributed by atoms with Gasteiger partial charge in [-0.25, -0.2) is 4.39 Å². The molecule has 0 saturated carbocycles. The maximum atomic E-state index is 13.3. The lowest BCUT2D eigenvalue weighted by Crippen LogP contribution is -2.15. The summed E-state index contributed by atoms with van der Waals surface area (Å²) in [4.78, 5) is 27.2. The summed E-state index contributed by atoms with van der Waals surface area (Å²) >= 11 is 0. The monoisotopic (exact) mass is 432 g/mol. The van der Waals surface area contributed by atoms with Crippen LogP contribution in [0.2, 0.25) is 0 Å². The van der Waals surface area contributed by atoms with Gasteiger partial charge in [-0.1, -0.05) is 24.3 Å². The number of hydrogen-bond donors (Lipinski definition) is 3. The van der Waals surface area contributed by atoms with E-state index in [9.17, 15) is 9.18 Å². The second-order valence-corrected chi connectivity index (χ2v) is 7.04. The second-order valence-electron chi connectivity index (χ2n) is 7.04. The third-order valence-corrected chi connectivity index (χ3v) is 4.51. The Kier molecular flexibility index (Phi) is 6.02. The lowest BCUT2D eigenvalue weighted by atomic mass is 10.2. The number of hydrogen-bond acceptors (Lipinski definition) is 7. The molecule has 0 aliphatic heterocycles. The summed E-state index contributed by atoms with van der Waals surface area (Å²) < 4.78 is 13.3. The van der Waals surface area contributed by atoms with Crippen molar-refractivity contribution in [2.45, 2.75) is 13.3 Å². The van der Waals surface area contributed by atoms with Gasteiger partial charge in [0.1, 0.15) is 11.6 Å². The molecule has 0 fully saturated rings. The fourth-order valence-electron chi connectivity index (χ4n) is 3.02. The van der Waals surface area contributed by atoms with Crippen LogP contribution in [0.1, 0.15) is 11.5 Å². The average Bonchev–Trinajstić information content (AvgIpc) is 3.19. The lowest BCUT2D eigenvalue weighted by Gasteiger charge is -2.17. The van der Waals surface area contributed by atoms with Gasteiger partial charge in [0.05, 0.1) is 6.42 Å². The lowest BCUT2D eigenvalue weighted by molar-refractivity contribution is -0.115. The number of para-hydroxylation sites is 1. The van der Waals surface area contributed by atoms with E-state index in [1.165, 1.54) is 18.2 Å². The quantitative estimate of drug-likeness (QED) is 0.408. The van der Waals surface area contributed by atoms with Crippen LogP contribution < -0.4 is 15.5 Å². The van der Waals surface area contributed by atoms with Crippen LogP contribution in [0.15, 0.2) is 60.7 Å². The number of amides is 1. The molecule has 0 aliphatic carbocycles. The highest BCUT2D eigenvalue weighted by molar-refractivity contribution is 5.92. The largest absolute Gasteiger partial charge is 0.326 e. The molecule has 10 heteroatoms. The number of rotatable bonds is 7. The third kappa shape index (κ3) is 5.22. The summed E-state index contributed by atoms with van der Waals surface area (Å²) in [6.45, 7) is 1.78. The molecule has 0 radical (unpaired) electrons. The van der Waals surface area contributed by atoms with E-state index in [1.807, 2.05) is 42.3 Å². The number of carbonyl (C=O) groups excluding carboxylic acids is 1. The van der Waals surface area contributed by atoms with E-state index in [-0.39, 0.29) is 12.3 Å². The van der Waals surface area contributed by atoms with Crippen molar-refractivity contribution in [2.24, 2.45) is 0 Å². The Morgan fingerprint density at radius 1 is 1.06 bits per heavy atom. The molecule has 0 atom stereocenters. The predicted molar refractivity (Wildman–Crippen MR) is 120 cm³/mol. The topological polar surface area (TPSA) is 112 Å². The Balaban J connectivity index is 1.43. The zero-order valence-corrected chi connectivity index (χ0v) is 17.5. The fraction of sp³-hybridized carbons (Fsp3) is 0.136. The number of aromatic nitrogens is 5. The molecular formula is C22H21FN8O. The molecule has 4 rings (SSSR count). The Bertz CT molecular complexity index is 1230. The molecule has 0 bridgehead atoms. The first-order valence-electron chi connectivity index (χ1n) is 9.84. The van der Waals surface area contributed by atoms with E-state index < -0.39 is 5.82 Å². The molecule has 0 spiro atoms. The van der Waals surface area contributed by atoms with Gasteiger partial charge in [-0.05, 0) is 37.3 Å². The van der Waals surface area contributed by atoms with Gasteiger partial charge < -0.3 is 15.5 Å². The number of nitrogens with one attached hydrogen (secondary N) is 3. The average molecular weight is 432 g/mol. The van der Waals surface area contributed by atoms with E-state index in [1.54, 1.807) is 19.1 Å². The molecule has 2 aromatic carbocycles. The van der Waals surface area contributed by atoms with Crippen LogP contribution in [0.5, 0.6) is 0 Å². The minimum absolute atomic E-state index is 0.0451. The molecule has 2 aromatic heterocycles. The zero-order valence-electron chi connectivity index (χ0n) is 17.5. The van der Waals surface area contributed by atoms with Crippen LogP contribution in [-0.4, -0.2) is 38.1 Å². The SMILES string of the molecule is Cc1nc(Nc2cc(CC(=O)Nc3cccc(F)c3)[nH]n2)nc(N(C)c2ccccc2)n1. The molecule has 3 N–H and O–H groups in total. The first-order valence-corrected chi connectivity index (χ1v) is 9.84. The van der Waals surface area contributed by atoms with Crippen LogP contribution in [0, 0.1) is 12.7 Å². The number of aryl methyl sites for hydroxylation is 1. The molecule has 2 heterocycles. The van der Waals surface area contributed by atoms with Crippen molar-refractivity contribution >= 4 is 35.0 Å². The van der Waals surface area contributed by atoms with Crippen molar-refractivity contribution in [3.63, 3.8) is 0 Å². The van der Waals surface area contributed by atoms with Gasteiger partial charge in [0.25, 0.3) is 0 Å². The number of aromatic amines is 1. The Labute approximate surface area is 183 Å². The van der Waals surface area contributed by atoms with Crippen LogP contribution in [0.25, 0.3) is 0 Å². The van der Waals surface area contributed by atoms with E-state index in [0.29, 0.717) is 34.9 Å². The van der Waals surface area contributed by atoms with E-state index in [0.717, 1.165) is 5.69 Å². The number of nitrogens with zero attached hydrogens (tertiary/aromatic N) is 5. The van der Waals surface area contributed by atoms with Crippen molar-refractivity contribution in [3.8, 4) is 0 Å². The summed E-state index contributed by atoms with van der Waals surface area (Å²) in [5.41, 5.74) is 1.91. The molecule has 0 unspecified atom stereocenters. The molecule has 1 amide bonds. The van der Waals surface area contributed by atoms with E-state index in [4.69, 9.17) is 0 Å². The van der Waals surface area contributed by atoms with Gasteiger partial charge in [0.15, 0.2) is 5.82 Å². The minimum atomic E-state index is -0.416. The van der Waals surface area contributed by atoms with Crippen molar-refractivity contribution in [1.82, 2.24) is 25.1 Å². The number of H-pyrrole nitrogens is 1. The van der Waals surface area contributed by atoms with Crippen LogP contribution in [-0.2, 0) is 11.2 Å². The summed E-state index contributed by atoms with van der Waals surface area (Å²) in [7, 11) is 1.87. The highest BCUT2D eigenvalue weighted by atomic mass is 19.1. The first kappa shape index (κ1) is 20.9. The van der Waals surface area contributed by atoms with Gasteiger partial charge in [0, 0.05) is 30.2 Å². The van der Waals surface area contributed by atoms with Crippen molar-refractivity contribution < 1.29 is 9.18 Å². The number of anilines is 5.